The van der Waals surface area contributed by atoms with E-state index in [0.717, 1.165) is 0 Å². The molecule has 120 valence electrons. The van der Waals surface area contributed by atoms with Crippen LogP contribution < -0.4 is 5.32 Å². The van der Waals surface area contributed by atoms with Crippen LogP contribution in [0.25, 0.3) is 0 Å². The summed E-state index contributed by atoms with van der Waals surface area (Å²) in [4.78, 5) is 13.7. The van der Waals surface area contributed by atoms with Gasteiger partial charge in [0.25, 0.3) is 0 Å². The summed E-state index contributed by atoms with van der Waals surface area (Å²) in [6.45, 7) is -4.19. The normalized spacial score (nSPS) is 81.8. The van der Waals surface area contributed by atoms with Crippen LogP contribution in [0.15, 0.2) is 0 Å². The average molecular weight is 321 g/mol. The van der Waals surface area contributed by atoms with Crippen LogP contribution >= 0.6 is 0 Å². The van der Waals surface area contributed by atoms with E-state index in [-0.39, 0.29) is 19.4 Å². The van der Waals surface area contributed by atoms with Crippen LogP contribution in [0.5, 0.6) is 0 Å². The van der Waals surface area contributed by atoms with Gasteiger partial charge in [0.15, 0.2) is 0 Å². The van der Waals surface area contributed by atoms with Gasteiger partial charge >= 0.3 is 0 Å². The molecular formula is C17H25N3O2. The second-order valence-corrected chi connectivity index (χ2v) is 5.33. The third-order valence-electron chi connectivity index (χ3n) is 3.71. The molecule has 2 N–H and O–H groups in total. The van der Waals surface area contributed by atoms with E-state index in [1.807, 2.05) is 0 Å². The Bertz CT molecular complexity index is 1080. The van der Waals surface area contributed by atoms with E-state index >= 15 is 0 Å². The Hall–Kier alpha value is -1.12. The van der Waals surface area contributed by atoms with Gasteiger partial charge in [-0.05, 0) is 62.9 Å². The molecule has 4 bridgehead atoms. The lowest BCUT2D eigenvalue weighted by atomic mass is 9.51. The predicted octanol–water partition coefficient (Wildman–Crippen LogP) is 1.17. The van der Waals surface area contributed by atoms with Crippen molar-refractivity contribution in [2.24, 2.45) is 11.8 Å². The molecule has 3 unspecified atom stereocenters. The average Bonchev–Trinajstić information content (AvgIpc) is 3.18. The van der Waals surface area contributed by atoms with E-state index in [1.165, 1.54) is 11.4 Å². The highest BCUT2D eigenvalue weighted by molar-refractivity contribution is 5.79. The van der Waals surface area contributed by atoms with Crippen molar-refractivity contribution in [3.05, 3.63) is 0 Å². The molecule has 1 saturated heterocycles. The van der Waals surface area contributed by atoms with Crippen molar-refractivity contribution in [1.82, 2.24) is 10.2 Å². The topological polar surface area (TPSA) is 76.4 Å². The molecule has 0 aromatic heterocycles. The second-order valence-electron chi connectivity index (χ2n) is 5.33. The highest BCUT2D eigenvalue weighted by atomic mass is 16.3. The molecule has 1 amide bonds. The first kappa shape index (κ1) is 4.94. The zero-order chi connectivity index (χ0) is 30.7. The molecule has 0 aromatic rings. The molecule has 22 heavy (non-hydrogen) atoms. The fourth-order valence-corrected chi connectivity index (χ4v) is 2.83. The van der Waals surface area contributed by atoms with Crippen LogP contribution in [0.4, 0.5) is 0 Å². The molecule has 5 atom stereocenters. The zero-order valence-electron chi connectivity index (χ0n) is 28.4. The van der Waals surface area contributed by atoms with Crippen LogP contribution in [0.3, 0.4) is 0 Å². The lowest BCUT2D eigenvalue weighted by Crippen LogP contribution is -2.65. The Morgan fingerprint density at radius 3 is 2.91 bits per heavy atom. The molecule has 5 fully saturated rings. The molecule has 5 nitrogen and oxygen atoms in total. The Balaban J connectivity index is 2.10. The Kier molecular flexibility index (Phi) is 1.11. The number of carbonyl (C=O) groups excluding carboxylic acids is 1. The molecule has 5 heteroatoms. The van der Waals surface area contributed by atoms with Gasteiger partial charge in [0, 0.05) is 31.3 Å². The number of amides is 1. The Morgan fingerprint density at radius 1 is 1.50 bits per heavy atom. The van der Waals surface area contributed by atoms with Crippen molar-refractivity contribution in [3.8, 4) is 6.07 Å². The van der Waals surface area contributed by atoms with Gasteiger partial charge in [-0.1, -0.05) is 0 Å². The molecule has 0 aromatic carbocycles. The summed E-state index contributed by atoms with van der Waals surface area (Å²) in [6.07, 6.45) is -25.6. The molecule has 4 saturated carbocycles. The van der Waals surface area contributed by atoms with Crippen molar-refractivity contribution >= 4 is 5.91 Å². The van der Waals surface area contributed by atoms with E-state index in [4.69, 9.17) is 23.3 Å². The highest BCUT2D eigenvalue weighted by Gasteiger charge is 2.57. The summed E-state index contributed by atoms with van der Waals surface area (Å²) in [6, 6.07) is -0.808. The number of hydrogen-bond donors (Lipinski definition) is 2. The maximum Gasteiger partial charge on any atom is 0.237 e. The number of aliphatic hydroxyl groups is 1. The number of nitriles is 1. The first-order valence-corrected chi connectivity index (χ1v) is 6.77. The molecule has 4 aliphatic carbocycles. The molecule has 5 aliphatic rings. The highest BCUT2D eigenvalue weighted by Crippen LogP contribution is 2.57. The molecule has 5 rings (SSSR count). The first-order chi connectivity index (χ1) is 17.0. The van der Waals surface area contributed by atoms with E-state index in [9.17, 15) is 15.2 Å². The van der Waals surface area contributed by atoms with E-state index in [1.54, 1.807) is 0 Å². The minimum atomic E-state index is -4.36. The third-order valence-corrected chi connectivity index (χ3v) is 3.71. The van der Waals surface area contributed by atoms with Gasteiger partial charge in [0.2, 0.25) is 5.91 Å². The summed E-state index contributed by atoms with van der Waals surface area (Å²) < 4.78 is 145. The van der Waals surface area contributed by atoms with Crippen molar-refractivity contribution < 1.29 is 33.2 Å². The largest absolute Gasteiger partial charge is 0.390 e. The van der Waals surface area contributed by atoms with Gasteiger partial charge in [0.1, 0.15) is 6.02 Å². The fourth-order valence-electron chi connectivity index (χ4n) is 2.83. The van der Waals surface area contributed by atoms with Crippen molar-refractivity contribution in [2.75, 3.05) is 13.0 Å². The standard InChI is InChI=1S/C17H25N3O2/c18-9-14-2-1-3-20(14)15(21)10-19-16-5-12-4-13(6-16)8-17(22,7-12)11-16/h12-14,19,22H,1-8,10-11H2/t12-,13+,14?,16?,17?/i4D2,5D2,6D2,7D2,8D2,10D2,11D2,12D,13D,14D. The summed E-state index contributed by atoms with van der Waals surface area (Å²) in [5.41, 5.74) is -8.53. The van der Waals surface area contributed by atoms with Crippen molar-refractivity contribution in [3.63, 3.8) is 0 Å². The monoisotopic (exact) mass is 320 g/mol. The van der Waals surface area contributed by atoms with Gasteiger partial charge in [0.05, 0.1) is 22.3 Å². The summed E-state index contributed by atoms with van der Waals surface area (Å²) in [7, 11) is 0. The van der Waals surface area contributed by atoms with E-state index in [0.29, 0.717) is 4.90 Å². The zero-order valence-corrected chi connectivity index (χ0v) is 11.4. The fraction of sp³-hybridized carbons (Fsp3) is 0.882. The molecule has 1 aliphatic heterocycles. The number of hydrogen-bond acceptors (Lipinski definition) is 4. The van der Waals surface area contributed by atoms with E-state index < -0.39 is 79.6 Å². The van der Waals surface area contributed by atoms with E-state index in [2.05, 4.69) is 0 Å². The van der Waals surface area contributed by atoms with Gasteiger partial charge < -0.3 is 15.3 Å². The predicted molar refractivity (Wildman–Crippen MR) is 80.7 cm³/mol. The quantitative estimate of drug-likeness (QED) is 0.818. The number of carbonyl (C=O) groups is 1. The third kappa shape index (κ3) is 2.33. The van der Waals surface area contributed by atoms with Crippen molar-refractivity contribution in [2.45, 2.75) is 68.2 Å². The minimum Gasteiger partial charge on any atom is -0.390 e. The maximum absolute atomic E-state index is 13.3. The van der Waals surface area contributed by atoms with Crippen molar-refractivity contribution in [1.29, 1.82) is 5.26 Å². The number of rotatable bonds is 3. The Labute approximate surface area is 155 Å². The van der Waals surface area contributed by atoms with Crippen LogP contribution in [-0.4, -0.2) is 46.1 Å². The SMILES string of the molecule is [2H]C([2H])(NC12C([2H])([2H])C3(O)C([2H])([2H])[C@@]([2H])(C1([2H])[2H])C([2H])([2H])[C@]([2H])(C3([2H])[2H])C2([2H])[2H])C(=O)N1CCCC1([2H])C#N. The second kappa shape index (κ2) is 4.94. The summed E-state index contributed by atoms with van der Waals surface area (Å²) in [5.74, 6) is -10.1. The summed E-state index contributed by atoms with van der Waals surface area (Å²) in [5, 5.41) is 22.4. The number of nitrogens with zero attached hydrogens (tertiary/aromatic N) is 2. The van der Waals surface area contributed by atoms with Crippen LogP contribution in [0.2, 0.25) is 0 Å². The molecule has 0 spiro atoms. The van der Waals surface area contributed by atoms with Gasteiger partial charge in [-0.25, -0.2) is 0 Å². The molecule has 0 radical (unpaired) electrons. The smallest absolute Gasteiger partial charge is 0.237 e. The number of likely N-dealkylation sites (tertiary alicyclic amines) is 1. The van der Waals surface area contributed by atoms with Gasteiger partial charge in [-0.2, -0.15) is 5.26 Å². The van der Waals surface area contributed by atoms with Crippen LogP contribution in [0, 0.1) is 23.1 Å². The summed E-state index contributed by atoms with van der Waals surface area (Å²) >= 11 is 0. The maximum atomic E-state index is 13.3. The molecule has 1 heterocycles. The minimum absolute atomic E-state index is 0.0541. The van der Waals surface area contributed by atoms with Crippen LogP contribution in [0.1, 0.15) is 74.4 Å². The number of nitrogens with one attached hydrogen (secondary N) is 1. The lowest BCUT2D eigenvalue weighted by molar-refractivity contribution is -0.147. The first-order valence-electron chi connectivity index (χ1n) is 15.3. The molecular weight excluding hydrogens is 278 g/mol. The van der Waals surface area contributed by atoms with Gasteiger partial charge in [-0.15, -0.1) is 0 Å². The lowest BCUT2D eigenvalue weighted by Gasteiger charge is -2.60. The Morgan fingerprint density at radius 2 is 2.23 bits per heavy atom. The van der Waals surface area contributed by atoms with Gasteiger partial charge in [-0.3, -0.25) is 4.79 Å². The van der Waals surface area contributed by atoms with Crippen LogP contribution in [-0.2, 0) is 4.79 Å².